The maximum atomic E-state index is 12.1. The summed E-state index contributed by atoms with van der Waals surface area (Å²) < 4.78 is 12.2. The number of nitrogens with zero attached hydrogens (tertiary/aromatic N) is 1. The number of benzene rings is 2. The van der Waals surface area contributed by atoms with Crippen LogP contribution >= 0.6 is 0 Å². The highest BCUT2D eigenvalue weighted by Crippen LogP contribution is 2.21. The van der Waals surface area contributed by atoms with Crippen LogP contribution in [0.15, 0.2) is 45.6 Å². The minimum atomic E-state index is -0.430. The molecule has 0 bridgehead atoms. The lowest BCUT2D eigenvalue weighted by Crippen LogP contribution is -2.15. The molecule has 25 heavy (non-hydrogen) atoms. The molecule has 3 rings (SSSR count). The van der Waals surface area contributed by atoms with Crippen molar-refractivity contribution in [3.8, 4) is 5.75 Å². The average Bonchev–Trinajstić information content (AvgIpc) is 2.85. The summed E-state index contributed by atoms with van der Waals surface area (Å²) in [4.78, 5) is 23.6. The third-order valence-corrected chi connectivity index (χ3v) is 4.22. The minimum Gasteiger partial charge on any atom is -0.493 e. The van der Waals surface area contributed by atoms with Crippen molar-refractivity contribution in [1.29, 1.82) is 0 Å². The van der Waals surface area contributed by atoms with Gasteiger partial charge in [-0.3, -0.25) is 9.36 Å². The molecule has 1 heterocycles. The molecule has 0 atom stereocenters. The van der Waals surface area contributed by atoms with E-state index in [-0.39, 0.29) is 12.3 Å². The monoisotopic (exact) mass is 340 g/mol. The normalized spacial score (nSPS) is 10.8. The van der Waals surface area contributed by atoms with Crippen LogP contribution in [0, 0.1) is 13.8 Å². The van der Waals surface area contributed by atoms with Gasteiger partial charge in [0.05, 0.1) is 18.5 Å². The molecule has 130 valence electrons. The van der Waals surface area contributed by atoms with Gasteiger partial charge in [-0.1, -0.05) is 12.1 Å². The van der Waals surface area contributed by atoms with Crippen molar-refractivity contribution in [3.63, 3.8) is 0 Å². The summed E-state index contributed by atoms with van der Waals surface area (Å²) in [5, 5.41) is 2.78. The van der Waals surface area contributed by atoms with E-state index in [1.165, 1.54) is 4.57 Å². The Bertz CT molecular complexity index is 985. The summed E-state index contributed by atoms with van der Waals surface area (Å²) in [7, 11) is 1.64. The van der Waals surface area contributed by atoms with Gasteiger partial charge >= 0.3 is 5.76 Å². The van der Waals surface area contributed by atoms with Crippen molar-refractivity contribution in [2.75, 3.05) is 11.9 Å². The molecule has 0 aliphatic carbocycles. The molecule has 1 N–H and O–H groups in total. The fraction of sp³-hybridized carbons (Fsp3) is 0.263. The van der Waals surface area contributed by atoms with Crippen LogP contribution in [-0.2, 0) is 11.8 Å². The van der Waals surface area contributed by atoms with Crippen molar-refractivity contribution in [2.24, 2.45) is 7.05 Å². The summed E-state index contributed by atoms with van der Waals surface area (Å²) in [6.45, 7) is 4.30. The number of ether oxygens (including phenoxy) is 1. The van der Waals surface area contributed by atoms with Crippen molar-refractivity contribution in [3.05, 3.63) is 58.1 Å². The van der Waals surface area contributed by atoms with Gasteiger partial charge in [0, 0.05) is 18.8 Å². The van der Waals surface area contributed by atoms with E-state index in [9.17, 15) is 9.59 Å². The number of amides is 1. The first-order valence-electron chi connectivity index (χ1n) is 8.04. The Morgan fingerprint density at radius 2 is 2.04 bits per heavy atom. The molecule has 0 unspecified atom stereocenters. The SMILES string of the molecule is Cc1cccc(OCCC(=O)Nc2ccc3c(c2)oc(=O)n3C)c1C. The van der Waals surface area contributed by atoms with E-state index >= 15 is 0 Å². The van der Waals surface area contributed by atoms with Gasteiger partial charge < -0.3 is 14.5 Å². The molecule has 2 aromatic carbocycles. The maximum Gasteiger partial charge on any atom is 0.419 e. The molecule has 1 aromatic heterocycles. The second-order valence-corrected chi connectivity index (χ2v) is 5.95. The molecule has 0 fully saturated rings. The second kappa shape index (κ2) is 6.84. The minimum absolute atomic E-state index is 0.164. The number of hydrogen-bond acceptors (Lipinski definition) is 4. The van der Waals surface area contributed by atoms with Crippen molar-refractivity contribution in [2.45, 2.75) is 20.3 Å². The summed E-state index contributed by atoms with van der Waals surface area (Å²) in [6, 6.07) is 11.0. The quantitative estimate of drug-likeness (QED) is 0.774. The number of fused-ring (bicyclic) bond motifs is 1. The first-order valence-corrected chi connectivity index (χ1v) is 8.04. The van der Waals surface area contributed by atoms with E-state index in [1.807, 2.05) is 32.0 Å². The first-order chi connectivity index (χ1) is 12.0. The highest BCUT2D eigenvalue weighted by Gasteiger charge is 2.09. The van der Waals surface area contributed by atoms with Crippen molar-refractivity contribution in [1.82, 2.24) is 4.57 Å². The van der Waals surface area contributed by atoms with Crippen LogP contribution in [0.4, 0.5) is 5.69 Å². The molecular weight excluding hydrogens is 320 g/mol. The van der Waals surface area contributed by atoms with Crippen LogP contribution in [0.5, 0.6) is 5.75 Å². The Balaban J connectivity index is 1.59. The van der Waals surface area contributed by atoms with Crippen LogP contribution in [0.3, 0.4) is 0 Å². The Labute approximate surface area is 145 Å². The van der Waals surface area contributed by atoms with Crippen LogP contribution in [0.2, 0.25) is 0 Å². The maximum absolute atomic E-state index is 12.1. The summed E-state index contributed by atoms with van der Waals surface area (Å²) in [6.07, 6.45) is 0.226. The smallest absolute Gasteiger partial charge is 0.419 e. The van der Waals surface area contributed by atoms with Gasteiger partial charge in [-0.25, -0.2) is 4.79 Å². The predicted molar refractivity (Wildman–Crippen MR) is 96.1 cm³/mol. The van der Waals surface area contributed by atoms with Crippen LogP contribution in [0.1, 0.15) is 17.5 Å². The molecule has 1 amide bonds. The first kappa shape index (κ1) is 16.8. The van der Waals surface area contributed by atoms with Gasteiger partial charge in [-0.05, 0) is 43.2 Å². The zero-order valence-electron chi connectivity index (χ0n) is 14.5. The Morgan fingerprint density at radius 1 is 1.24 bits per heavy atom. The topological polar surface area (TPSA) is 73.5 Å². The number of aromatic nitrogens is 1. The van der Waals surface area contributed by atoms with Crippen LogP contribution in [-0.4, -0.2) is 17.1 Å². The standard InChI is InChI=1S/C19H20N2O4/c1-12-5-4-6-16(13(12)2)24-10-9-18(22)20-14-7-8-15-17(11-14)25-19(23)21(15)3/h4-8,11H,9-10H2,1-3H3,(H,20,22). The number of carbonyl (C=O) groups is 1. The number of carbonyl (C=O) groups excluding carboxylic acids is 1. The highest BCUT2D eigenvalue weighted by atomic mass is 16.5. The van der Waals surface area contributed by atoms with Gasteiger partial charge in [0.1, 0.15) is 5.75 Å². The second-order valence-electron chi connectivity index (χ2n) is 5.95. The fourth-order valence-electron chi connectivity index (χ4n) is 2.57. The number of anilines is 1. The van der Waals surface area contributed by atoms with Crippen LogP contribution in [0.25, 0.3) is 11.1 Å². The molecule has 0 radical (unpaired) electrons. The fourth-order valence-corrected chi connectivity index (χ4v) is 2.57. The highest BCUT2D eigenvalue weighted by molar-refractivity contribution is 5.92. The number of nitrogens with one attached hydrogen (secondary N) is 1. The van der Waals surface area contributed by atoms with Gasteiger partial charge in [0.15, 0.2) is 5.58 Å². The summed E-state index contributed by atoms with van der Waals surface area (Å²) in [5.74, 6) is 0.198. The number of rotatable bonds is 5. The Kier molecular flexibility index (Phi) is 4.61. The number of oxazole rings is 1. The Hall–Kier alpha value is -3.02. The number of hydrogen-bond donors (Lipinski definition) is 1. The molecule has 6 nitrogen and oxygen atoms in total. The third-order valence-electron chi connectivity index (χ3n) is 4.22. The predicted octanol–water partition coefficient (Wildman–Crippen LogP) is 3.16. The van der Waals surface area contributed by atoms with E-state index in [0.29, 0.717) is 23.4 Å². The van der Waals surface area contributed by atoms with E-state index in [0.717, 1.165) is 16.9 Å². The number of aryl methyl sites for hydroxylation is 2. The van der Waals surface area contributed by atoms with Crippen molar-refractivity contribution >= 4 is 22.7 Å². The van der Waals surface area contributed by atoms with E-state index < -0.39 is 5.76 Å². The average molecular weight is 340 g/mol. The van der Waals surface area contributed by atoms with Gasteiger partial charge in [-0.15, -0.1) is 0 Å². The summed E-state index contributed by atoms with van der Waals surface area (Å²) in [5.41, 5.74) is 3.93. The van der Waals surface area contributed by atoms with Gasteiger partial charge in [-0.2, -0.15) is 0 Å². The molecular formula is C19H20N2O4. The third kappa shape index (κ3) is 3.57. The lowest BCUT2D eigenvalue weighted by atomic mass is 10.1. The van der Waals surface area contributed by atoms with E-state index in [2.05, 4.69) is 5.32 Å². The molecule has 0 saturated heterocycles. The zero-order valence-corrected chi connectivity index (χ0v) is 14.5. The molecule has 0 aliphatic heterocycles. The molecule has 6 heteroatoms. The summed E-state index contributed by atoms with van der Waals surface area (Å²) >= 11 is 0. The Morgan fingerprint density at radius 3 is 2.84 bits per heavy atom. The zero-order chi connectivity index (χ0) is 18.0. The molecule has 3 aromatic rings. The molecule has 0 aliphatic rings. The van der Waals surface area contributed by atoms with Crippen molar-refractivity contribution < 1.29 is 13.9 Å². The lowest BCUT2D eigenvalue weighted by Gasteiger charge is -2.11. The van der Waals surface area contributed by atoms with E-state index in [4.69, 9.17) is 9.15 Å². The van der Waals surface area contributed by atoms with E-state index in [1.54, 1.807) is 25.2 Å². The molecule has 0 spiro atoms. The molecule has 0 saturated carbocycles. The van der Waals surface area contributed by atoms with Gasteiger partial charge in [0.2, 0.25) is 5.91 Å². The lowest BCUT2D eigenvalue weighted by molar-refractivity contribution is -0.116. The van der Waals surface area contributed by atoms with Gasteiger partial charge in [0.25, 0.3) is 0 Å². The van der Waals surface area contributed by atoms with Crippen LogP contribution < -0.4 is 15.8 Å². The largest absolute Gasteiger partial charge is 0.493 e.